The molecule has 0 aromatic carbocycles. The van der Waals surface area contributed by atoms with Crippen LogP contribution in [0.5, 0.6) is 0 Å². The molecule has 12 heavy (non-hydrogen) atoms. The standard InChI is InChI=1S/C8H9ClO3/c1-11-7(10)6-2-5-3-8(5,4-9)12-6/h2,5H,3-4H2,1H3. The zero-order chi connectivity index (χ0) is 8.77. The van der Waals surface area contributed by atoms with Gasteiger partial charge in [-0.3, -0.25) is 0 Å². The molecule has 2 rings (SSSR count). The fourth-order valence-electron chi connectivity index (χ4n) is 1.47. The van der Waals surface area contributed by atoms with E-state index in [0.717, 1.165) is 6.42 Å². The van der Waals surface area contributed by atoms with Crippen LogP contribution < -0.4 is 0 Å². The summed E-state index contributed by atoms with van der Waals surface area (Å²) >= 11 is 5.69. The van der Waals surface area contributed by atoms with Gasteiger partial charge in [0, 0.05) is 5.92 Å². The largest absolute Gasteiger partial charge is 0.478 e. The quantitative estimate of drug-likeness (QED) is 0.481. The summed E-state index contributed by atoms with van der Waals surface area (Å²) in [7, 11) is 1.34. The normalized spacial score (nSPS) is 36.5. The van der Waals surface area contributed by atoms with E-state index in [2.05, 4.69) is 4.74 Å². The van der Waals surface area contributed by atoms with E-state index in [4.69, 9.17) is 16.3 Å². The van der Waals surface area contributed by atoms with Crippen molar-refractivity contribution in [3.05, 3.63) is 11.8 Å². The van der Waals surface area contributed by atoms with Gasteiger partial charge in [0.2, 0.25) is 5.76 Å². The Labute approximate surface area is 75.3 Å². The van der Waals surface area contributed by atoms with Crippen molar-refractivity contribution < 1.29 is 14.3 Å². The molecule has 1 aliphatic heterocycles. The maximum absolute atomic E-state index is 11.0. The van der Waals surface area contributed by atoms with E-state index < -0.39 is 5.97 Å². The summed E-state index contributed by atoms with van der Waals surface area (Å²) in [5.41, 5.74) is -0.273. The van der Waals surface area contributed by atoms with Gasteiger partial charge in [-0.05, 0) is 12.5 Å². The third kappa shape index (κ3) is 0.926. The first-order chi connectivity index (χ1) is 5.72. The number of fused-ring (bicyclic) bond motifs is 1. The molecule has 1 saturated carbocycles. The lowest BCUT2D eigenvalue weighted by Crippen LogP contribution is -2.17. The van der Waals surface area contributed by atoms with Gasteiger partial charge in [0.05, 0.1) is 13.0 Å². The van der Waals surface area contributed by atoms with Crippen LogP contribution in [0.25, 0.3) is 0 Å². The van der Waals surface area contributed by atoms with Crippen LogP contribution in [0.3, 0.4) is 0 Å². The molecule has 2 aliphatic rings. The number of esters is 1. The molecule has 0 saturated heterocycles. The second-order valence-electron chi connectivity index (χ2n) is 3.13. The van der Waals surface area contributed by atoms with Gasteiger partial charge in [-0.1, -0.05) is 0 Å². The van der Waals surface area contributed by atoms with Gasteiger partial charge < -0.3 is 9.47 Å². The summed E-state index contributed by atoms with van der Waals surface area (Å²) in [6.45, 7) is 0. The maximum atomic E-state index is 11.0. The first-order valence-corrected chi connectivity index (χ1v) is 4.30. The van der Waals surface area contributed by atoms with Gasteiger partial charge >= 0.3 is 5.97 Å². The van der Waals surface area contributed by atoms with E-state index in [1.165, 1.54) is 7.11 Å². The number of rotatable bonds is 2. The first-order valence-electron chi connectivity index (χ1n) is 3.77. The molecule has 2 atom stereocenters. The molecule has 1 heterocycles. The van der Waals surface area contributed by atoms with Crippen molar-refractivity contribution in [2.45, 2.75) is 12.0 Å². The summed E-state index contributed by atoms with van der Waals surface area (Å²) in [6.07, 6.45) is 2.73. The predicted molar refractivity (Wildman–Crippen MR) is 42.7 cm³/mol. The van der Waals surface area contributed by atoms with E-state index in [0.29, 0.717) is 17.6 Å². The molecule has 3 nitrogen and oxygen atoms in total. The fourth-order valence-corrected chi connectivity index (χ4v) is 1.83. The zero-order valence-electron chi connectivity index (χ0n) is 6.67. The lowest BCUT2D eigenvalue weighted by atomic mass is 10.3. The van der Waals surface area contributed by atoms with Crippen molar-refractivity contribution in [3.8, 4) is 0 Å². The van der Waals surface area contributed by atoms with Crippen LogP contribution in [0.15, 0.2) is 11.8 Å². The lowest BCUT2D eigenvalue weighted by Gasteiger charge is -2.11. The Morgan fingerprint density at radius 3 is 3.25 bits per heavy atom. The predicted octanol–water partition coefficient (Wildman–Crippen LogP) is 1.07. The van der Waals surface area contributed by atoms with Crippen molar-refractivity contribution in [2.75, 3.05) is 13.0 Å². The lowest BCUT2D eigenvalue weighted by molar-refractivity contribution is -0.141. The first kappa shape index (κ1) is 7.92. The Bertz CT molecular complexity index is 261. The Hall–Kier alpha value is -0.700. The molecule has 0 aromatic heterocycles. The molecule has 1 aliphatic carbocycles. The molecule has 0 N–H and O–H groups in total. The van der Waals surface area contributed by atoms with Crippen molar-refractivity contribution >= 4 is 17.6 Å². The third-order valence-corrected chi connectivity index (χ3v) is 2.81. The van der Waals surface area contributed by atoms with Crippen molar-refractivity contribution in [2.24, 2.45) is 5.92 Å². The molecule has 0 amide bonds. The van der Waals surface area contributed by atoms with Gasteiger partial charge in [-0.2, -0.15) is 0 Å². The average Bonchev–Trinajstić information content (AvgIpc) is 2.68. The zero-order valence-corrected chi connectivity index (χ0v) is 7.43. The van der Waals surface area contributed by atoms with Gasteiger partial charge in [0.25, 0.3) is 0 Å². The number of halogens is 1. The van der Waals surface area contributed by atoms with E-state index in [-0.39, 0.29) is 5.60 Å². The van der Waals surface area contributed by atoms with Crippen LogP contribution in [-0.2, 0) is 14.3 Å². The molecular weight excluding hydrogens is 180 g/mol. The number of alkyl halides is 1. The van der Waals surface area contributed by atoms with Crippen molar-refractivity contribution in [1.29, 1.82) is 0 Å². The number of carbonyl (C=O) groups excluding carboxylic acids is 1. The second kappa shape index (κ2) is 2.39. The second-order valence-corrected chi connectivity index (χ2v) is 3.40. The number of ether oxygens (including phenoxy) is 2. The number of carbonyl (C=O) groups is 1. The summed E-state index contributed by atoms with van der Waals surface area (Å²) < 4.78 is 9.90. The molecule has 4 heteroatoms. The monoisotopic (exact) mass is 188 g/mol. The number of hydrogen-bond acceptors (Lipinski definition) is 3. The third-order valence-electron chi connectivity index (χ3n) is 2.36. The molecule has 1 fully saturated rings. The van der Waals surface area contributed by atoms with Crippen molar-refractivity contribution in [1.82, 2.24) is 0 Å². The Morgan fingerprint density at radius 2 is 2.75 bits per heavy atom. The van der Waals surface area contributed by atoms with Crippen LogP contribution in [-0.4, -0.2) is 24.6 Å². The highest BCUT2D eigenvalue weighted by molar-refractivity contribution is 6.19. The average molecular weight is 189 g/mol. The molecule has 0 radical (unpaired) electrons. The Kier molecular flexibility index (Phi) is 1.58. The topological polar surface area (TPSA) is 35.5 Å². The molecular formula is C8H9ClO3. The van der Waals surface area contributed by atoms with Gasteiger partial charge in [-0.15, -0.1) is 11.6 Å². The highest BCUT2D eigenvalue weighted by atomic mass is 35.5. The maximum Gasteiger partial charge on any atom is 0.373 e. The summed E-state index contributed by atoms with van der Waals surface area (Å²) in [5.74, 6) is 0.666. The van der Waals surface area contributed by atoms with E-state index in [1.807, 2.05) is 0 Å². The summed E-state index contributed by atoms with van der Waals surface area (Å²) in [5, 5.41) is 0. The Morgan fingerprint density at radius 1 is 2.00 bits per heavy atom. The van der Waals surface area contributed by atoms with Gasteiger partial charge in [-0.25, -0.2) is 4.79 Å². The number of hydrogen-bond donors (Lipinski definition) is 0. The Balaban J connectivity index is 2.07. The van der Waals surface area contributed by atoms with Crippen LogP contribution in [0.1, 0.15) is 6.42 Å². The SMILES string of the molecule is COC(=O)C1=CC2CC2(CCl)O1. The van der Waals surface area contributed by atoms with Crippen molar-refractivity contribution in [3.63, 3.8) is 0 Å². The van der Waals surface area contributed by atoms with Gasteiger partial charge in [0.1, 0.15) is 5.60 Å². The van der Waals surface area contributed by atoms with E-state index in [9.17, 15) is 4.79 Å². The smallest absolute Gasteiger partial charge is 0.373 e. The van der Waals surface area contributed by atoms with E-state index >= 15 is 0 Å². The molecule has 0 aromatic rings. The van der Waals surface area contributed by atoms with Crippen LogP contribution in [0.4, 0.5) is 0 Å². The molecule has 66 valence electrons. The molecule has 0 spiro atoms. The van der Waals surface area contributed by atoms with Crippen LogP contribution >= 0.6 is 11.6 Å². The minimum atomic E-state index is -0.410. The highest BCUT2D eigenvalue weighted by Crippen LogP contribution is 2.54. The summed E-state index contributed by atoms with van der Waals surface area (Å²) in [4.78, 5) is 11.0. The number of methoxy groups -OCH3 is 1. The van der Waals surface area contributed by atoms with E-state index in [1.54, 1.807) is 6.08 Å². The highest BCUT2D eigenvalue weighted by Gasteiger charge is 2.60. The molecule has 0 bridgehead atoms. The molecule has 2 unspecified atom stereocenters. The minimum absolute atomic E-state index is 0.273. The van der Waals surface area contributed by atoms with Crippen LogP contribution in [0, 0.1) is 5.92 Å². The minimum Gasteiger partial charge on any atom is -0.478 e. The summed E-state index contributed by atoms with van der Waals surface area (Å²) in [6, 6.07) is 0. The van der Waals surface area contributed by atoms with Gasteiger partial charge in [0.15, 0.2) is 0 Å². The van der Waals surface area contributed by atoms with Crippen LogP contribution in [0.2, 0.25) is 0 Å². The fraction of sp³-hybridized carbons (Fsp3) is 0.625.